The van der Waals surface area contributed by atoms with Gasteiger partial charge in [-0.25, -0.2) is 4.79 Å². The first-order valence-corrected chi connectivity index (χ1v) is 10.4. The van der Waals surface area contributed by atoms with Gasteiger partial charge in [0.2, 0.25) is 5.76 Å². The molecule has 4 rings (SSSR count). The van der Waals surface area contributed by atoms with E-state index in [2.05, 4.69) is 5.32 Å². The van der Waals surface area contributed by atoms with E-state index in [-0.39, 0.29) is 23.7 Å². The van der Waals surface area contributed by atoms with Crippen molar-refractivity contribution in [2.45, 2.75) is 19.6 Å². The molecule has 0 spiro atoms. The van der Waals surface area contributed by atoms with E-state index in [9.17, 15) is 19.7 Å². The number of amides is 1. The lowest BCUT2D eigenvalue weighted by Crippen LogP contribution is -2.30. The van der Waals surface area contributed by atoms with Crippen molar-refractivity contribution in [1.29, 1.82) is 0 Å². The number of nitrogens with zero attached hydrogens (tertiary/aromatic N) is 1. The maximum Gasteiger partial charge on any atom is 0.375 e. The molecule has 34 heavy (non-hydrogen) atoms. The molecule has 0 bridgehead atoms. The van der Waals surface area contributed by atoms with Crippen LogP contribution in [0.25, 0.3) is 11.0 Å². The third-order valence-electron chi connectivity index (χ3n) is 4.99. The van der Waals surface area contributed by atoms with Gasteiger partial charge in [0.25, 0.3) is 11.6 Å². The Bertz CT molecular complexity index is 1350. The van der Waals surface area contributed by atoms with Crippen LogP contribution < -0.4 is 10.1 Å². The fourth-order valence-corrected chi connectivity index (χ4v) is 3.29. The van der Waals surface area contributed by atoms with Gasteiger partial charge >= 0.3 is 5.97 Å². The second kappa shape index (κ2) is 9.86. The van der Waals surface area contributed by atoms with E-state index in [1.54, 1.807) is 30.3 Å². The van der Waals surface area contributed by atoms with E-state index < -0.39 is 22.9 Å². The number of rotatable bonds is 8. The average molecular weight is 460 g/mol. The van der Waals surface area contributed by atoms with E-state index in [0.29, 0.717) is 22.3 Å². The molecule has 1 aromatic heterocycles. The molecule has 4 aromatic rings. The second-order valence-corrected chi connectivity index (χ2v) is 7.35. The maximum absolute atomic E-state index is 12.9. The van der Waals surface area contributed by atoms with Crippen molar-refractivity contribution in [2.24, 2.45) is 0 Å². The van der Waals surface area contributed by atoms with Crippen LogP contribution >= 0.6 is 0 Å². The summed E-state index contributed by atoms with van der Waals surface area (Å²) < 4.78 is 16.9. The second-order valence-electron chi connectivity index (χ2n) is 7.35. The molecule has 0 saturated carbocycles. The number of furan rings is 1. The highest BCUT2D eigenvalue weighted by Gasteiger charge is 2.26. The van der Waals surface area contributed by atoms with Crippen LogP contribution in [0.5, 0.6) is 5.75 Å². The van der Waals surface area contributed by atoms with Crippen molar-refractivity contribution >= 4 is 34.2 Å². The predicted octanol–water partition coefficient (Wildman–Crippen LogP) is 5.10. The van der Waals surface area contributed by atoms with E-state index in [0.717, 1.165) is 0 Å². The highest BCUT2D eigenvalue weighted by Crippen LogP contribution is 2.28. The molecule has 0 aliphatic carbocycles. The molecular formula is C25H20N2O7. The number of hydrogen-bond donors (Lipinski definition) is 1. The molecule has 1 unspecified atom stereocenters. The van der Waals surface area contributed by atoms with Crippen LogP contribution in [-0.2, 0) is 16.1 Å². The van der Waals surface area contributed by atoms with Crippen LogP contribution in [0.2, 0.25) is 0 Å². The molecule has 172 valence electrons. The van der Waals surface area contributed by atoms with Crippen LogP contribution in [0.3, 0.4) is 0 Å². The highest BCUT2D eigenvalue weighted by molar-refractivity contribution is 5.99. The number of nitro groups is 1. The Labute approximate surface area is 194 Å². The first-order valence-electron chi connectivity index (χ1n) is 10.4. The first kappa shape index (κ1) is 22.5. The molecule has 3 aromatic carbocycles. The van der Waals surface area contributed by atoms with Crippen molar-refractivity contribution in [3.63, 3.8) is 0 Å². The summed E-state index contributed by atoms with van der Waals surface area (Å²) in [5.74, 6) is -0.916. The highest BCUT2D eigenvalue weighted by atomic mass is 16.6. The quantitative estimate of drug-likeness (QED) is 0.220. The van der Waals surface area contributed by atoms with Crippen LogP contribution in [0, 0.1) is 10.1 Å². The SMILES string of the molecule is CC(OC(=O)c1oc2ccccc2c1COc1ccccc1)C(=O)Nc1cccc([N+](=O)[O-])c1. The van der Waals surface area contributed by atoms with Gasteiger partial charge in [-0.1, -0.05) is 42.5 Å². The summed E-state index contributed by atoms with van der Waals surface area (Å²) in [6.07, 6.45) is -1.19. The zero-order valence-corrected chi connectivity index (χ0v) is 18.1. The summed E-state index contributed by atoms with van der Waals surface area (Å²) in [7, 11) is 0. The van der Waals surface area contributed by atoms with E-state index in [1.807, 2.05) is 24.3 Å². The van der Waals surface area contributed by atoms with Gasteiger partial charge in [-0.3, -0.25) is 14.9 Å². The molecule has 9 nitrogen and oxygen atoms in total. The minimum Gasteiger partial charge on any atom is -0.489 e. The number of ether oxygens (including phenoxy) is 2. The minimum atomic E-state index is -1.19. The molecule has 0 aliphatic heterocycles. The van der Waals surface area contributed by atoms with Gasteiger partial charge in [-0.15, -0.1) is 0 Å². The van der Waals surface area contributed by atoms with Gasteiger partial charge in [-0.05, 0) is 31.2 Å². The Morgan fingerprint density at radius 1 is 1.03 bits per heavy atom. The lowest BCUT2D eigenvalue weighted by Gasteiger charge is -2.13. The monoisotopic (exact) mass is 460 g/mol. The number of nitro benzene ring substituents is 1. The zero-order valence-electron chi connectivity index (χ0n) is 18.1. The number of nitrogens with one attached hydrogen (secondary N) is 1. The van der Waals surface area contributed by atoms with Crippen molar-refractivity contribution in [1.82, 2.24) is 0 Å². The van der Waals surface area contributed by atoms with Gasteiger partial charge in [0.1, 0.15) is 17.9 Å². The minimum absolute atomic E-state index is 0.0553. The molecule has 0 fully saturated rings. The van der Waals surface area contributed by atoms with Gasteiger partial charge in [0, 0.05) is 23.2 Å². The fourth-order valence-electron chi connectivity index (χ4n) is 3.29. The Morgan fingerprint density at radius 2 is 1.76 bits per heavy atom. The molecule has 0 aliphatic rings. The van der Waals surface area contributed by atoms with E-state index in [4.69, 9.17) is 13.9 Å². The molecule has 9 heteroatoms. The maximum atomic E-state index is 12.9. The first-order chi connectivity index (χ1) is 16.4. The molecule has 1 amide bonds. The number of esters is 1. The topological polar surface area (TPSA) is 121 Å². The van der Waals surface area contributed by atoms with Crippen molar-refractivity contribution in [3.8, 4) is 5.75 Å². The number of carbonyl (C=O) groups excluding carboxylic acids is 2. The summed E-state index contributed by atoms with van der Waals surface area (Å²) in [6, 6.07) is 21.7. The van der Waals surface area contributed by atoms with Gasteiger partial charge in [0.15, 0.2) is 6.10 Å². The van der Waals surface area contributed by atoms with Crippen LogP contribution in [0.15, 0.2) is 83.3 Å². The summed E-state index contributed by atoms with van der Waals surface area (Å²) in [6.45, 7) is 1.45. The number of non-ortho nitro benzene ring substituents is 1. The lowest BCUT2D eigenvalue weighted by atomic mass is 10.1. The van der Waals surface area contributed by atoms with Gasteiger partial charge in [-0.2, -0.15) is 0 Å². The lowest BCUT2D eigenvalue weighted by molar-refractivity contribution is -0.384. The van der Waals surface area contributed by atoms with E-state index >= 15 is 0 Å². The Morgan fingerprint density at radius 3 is 2.53 bits per heavy atom. The molecule has 1 atom stereocenters. The molecular weight excluding hydrogens is 440 g/mol. The number of fused-ring (bicyclic) bond motifs is 1. The normalized spacial score (nSPS) is 11.6. The molecule has 0 radical (unpaired) electrons. The summed E-state index contributed by atoms with van der Waals surface area (Å²) in [5.41, 5.74) is 1.01. The van der Waals surface area contributed by atoms with Gasteiger partial charge in [0.05, 0.1) is 10.5 Å². The molecule has 1 heterocycles. The third kappa shape index (κ3) is 5.04. The predicted molar refractivity (Wildman–Crippen MR) is 124 cm³/mol. The Kier molecular flexibility index (Phi) is 6.54. The smallest absolute Gasteiger partial charge is 0.375 e. The fraction of sp³-hybridized carbons (Fsp3) is 0.120. The number of hydrogen-bond acceptors (Lipinski definition) is 7. The number of anilines is 1. The van der Waals surface area contributed by atoms with Gasteiger partial charge < -0.3 is 19.2 Å². The number of benzene rings is 3. The van der Waals surface area contributed by atoms with Crippen LogP contribution in [0.1, 0.15) is 23.0 Å². The van der Waals surface area contributed by atoms with Crippen molar-refractivity contribution < 1.29 is 28.4 Å². The Hall–Kier alpha value is -4.66. The number of para-hydroxylation sites is 2. The standard InChI is InChI=1S/C25H20N2O7/c1-16(24(28)26-17-8-7-9-18(14-17)27(30)31)33-25(29)23-21(15-32-19-10-3-2-4-11-19)20-12-5-6-13-22(20)34-23/h2-14,16H,15H2,1H3,(H,26,28). The average Bonchev–Trinajstić information content (AvgIpc) is 3.22. The van der Waals surface area contributed by atoms with Crippen molar-refractivity contribution in [3.05, 3.63) is 100 Å². The molecule has 1 N–H and O–H groups in total. The van der Waals surface area contributed by atoms with Crippen molar-refractivity contribution in [2.75, 3.05) is 5.32 Å². The summed E-state index contributed by atoms with van der Waals surface area (Å²) >= 11 is 0. The van der Waals surface area contributed by atoms with Crippen LogP contribution in [-0.4, -0.2) is 22.9 Å². The largest absolute Gasteiger partial charge is 0.489 e. The zero-order chi connectivity index (χ0) is 24.1. The summed E-state index contributed by atoms with van der Waals surface area (Å²) in [5, 5.41) is 14.1. The summed E-state index contributed by atoms with van der Waals surface area (Å²) in [4.78, 5) is 35.8. The third-order valence-corrected chi connectivity index (χ3v) is 4.99. The number of carbonyl (C=O) groups is 2. The molecule has 0 saturated heterocycles. The Balaban J connectivity index is 1.50. The van der Waals surface area contributed by atoms with Crippen LogP contribution in [0.4, 0.5) is 11.4 Å². The van der Waals surface area contributed by atoms with E-state index in [1.165, 1.54) is 31.2 Å².